The van der Waals surface area contributed by atoms with Crippen molar-refractivity contribution < 1.29 is 14.3 Å². The lowest BCUT2D eigenvalue weighted by Crippen LogP contribution is -2.38. The molecule has 7 nitrogen and oxygen atoms in total. The third-order valence-corrected chi connectivity index (χ3v) is 3.18. The molecule has 0 bridgehead atoms. The highest BCUT2D eigenvalue weighted by molar-refractivity contribution is 5.88. The molecule has 0 spiro atoms. The van der Waals surface area contributed by atoms with Crippen LogP contribution >= 0.6 is 0 Å². The van der Waals surface area contributed by atoms with Gasteiger partial charge in [-0.3, -0.25) is 4.90 Å². The van der Waals surface area contributed by atoms with Gasteiger partial charge in [0.1, 0.15) is 0 Å². The molecule has 2 heterocycles. The number of esters is 1. The minimum Gasteiger partial charge on any atom is -0.461 e. The Balaban J connectivity index is 1.91. The van der Waals surface area contributed by atoms with Crippen molar-refractivity contribution in [3.63, 3.8) is 0 Å². The second kappa shape index (κ2) is 6.63. The Kier molecular flexibility index (Phi) is 4.86. The molecule has 1 aromatic rings. The zero-order valence-corrected chi connectivity index (χ0v) is 11.5. The molecule has 1 aromatic heterocycles. The zero-order chi connectivity index (χ0) is 13.7. The number of ether oxygens (including phenoxy) is 2. The van der Waals surface area contributed by atoms with Gasteiger partial charge in [-0.1, -0.05) is 5.21 Å². The third kappa shape index (κ3) is 3.51. The fourth-order valence-electron chi connectivity index (χ4n) is 2.02. The molecule has 7 heteroatoms. The first-order valence-corrected chi connectivity index (χ1v) is 6.59. The van der Waals surface area contributed by atoms with Crippen molar-refractivity contribution in [1.29, 1.82) is 0 Å². The Bertz CT molecular complexity index is 427. The molecule has 1 aliphatic rings. The van der Waals surface area contributed by atoms with Gasteiger partial charge in [0.2, 0.25) is 0 Å². The summed E-state index contributed by atoms with van der Waals surface area (Å²) in [5.74, 6) is -0.405. The maximum Gasteiger partial charge on any atom is 0.360 e. The van der Waals surface area contributed by atoms with Gasteiger partial charge < -0.3 is 9.47 Å². The van der Waals surface area contributed by atoms with E-state index in [4.69, 9.17) is 9.47 Å². The largest absolute Gasteiger partial charge is 0.461 e. The fourth-order valence-corrected chi connectivity index (χ4v) is 2.02. The number of carbonyl (C=O) groups is 1. The Hall–Kier alpha value is -1.47. The van der Waals surface area contributed by atoms with Crippen LogP contribution in [0, 0.1) is 6.92 Å². The van der Waals surface area contributed by atoms with Crippen LogP contribution in [0.1, 0.15) is 23.1 Å². The maximum absolute atomic E-state index is 11.6. The second-order valence-corrected chi connectivity index (χ2v) is 4.42. The second-order valence-electron chi connectivity index (χ2n) is 4.42. The highest BCUT2D eigenvalue weighted by Crippen LogP contribution is 2.06. The summed E-state index contributed by atoms with van der Waals surface area (Å²) in [6.07, 6.45) is 0. The van der Waals surface area contributed by atoms with Crippen LogP contribution in [-0.4, -0.2) is 65.3 Å². The quantitative estimate of drug-likeness (QED) is 0.705. The number of morpholine rings is 1. The minimum atomic E-state index is -0.405. The maximum atomic E-state index is 11.6. The average Bonchev–Trinajstić information content (AvgIpc) is 2.79. The van der Waals surface area contributed by atoms with Crippen LogP contribution in [-0.2, 0) is 16.0 Å². The van der Waals surface area contributed by atoms with Crippen molar-refractivity contribution in [2.75, 3.05) is 39.5 Å². The summed E-state index contributed by atoms with van der Waals surface area (Å²) >= 11 is 0. The predicted octanol–water partition coefficient (Wildman–Crippen LogP) is 0.0954. The lowest BCUT2D eigenvalue weighted by Gasteiger charge is -2.26. The Morgan fingerprint density at radius 2 is 2.11 bits per heavy atom. The normalized spacial score (nSPS) is 16.5. The molecule has 1 saturated heterocycles. The molecule has 0 N–H and O–H groups in total. The number of aromatic nitrogens is 3. The lowest BCUT2D eigenvalue weighted by atomic mass is 10.3. The van der Waals surface area contributed by atoms with E-state index in [1.54, 1.807) is 11.6 Å². The van der Waals surface area contributed by atoms with Crippen molar-refractivity contribution in [3.8, 4) is 0 Å². The van der Waals surface area contributed by atoms with Crippen molar-refractivity contribution >= 4 is 5.97 Å². The average molecular weight is 268 g/mol. The van der Waals surface area contributed by atoms with E-state index in [1.165, 1.54) is 0 Å². The topological polar surface area (TPSA) is 69.5 Å². The summed E-state index contributed by atoms with van der Waals surface area (Å²) in [6, 6.07) is 0. The fraction of sp³-hybridized carbons (Fsp3) is 0.750. The van der Waals surface area contributed by atoms with Gasteiger partial charge in [-0.25, -0.2) is 9.48 Å². The number of nitrogens with zero attached hydrogens (tertiary/aromatic N) is 4. The smallest absolute Gasteiger partial charge is 0.360 e. The number of rotatable bonds is 5. The molecule has 2 rings (SSSR count). The van der Waals surface area contributed by atoms with Crippen molar-refractivity contribution in [2.45, 2.75) is 20.4 Å². The summed E-state index contributed by atoms with van der Waals surface area (Å²) in [6.45, 7) is 9.01. The predicted molar refractivity (Wildman–Crippen MR) is 68.0 cm³/mol. The SMILES string of the molecule is CCOC(=O)c1nnn(CCN2CCOCC2)c1C. The molecule has 0 amide bonds. The summed E-state index contributed by atoms with van der Waals surface area (Å²) in [5, 5.41) is 7.90. The van der Waals surface area contributed by atoms with Crippen molar-refractivity contribution in [2.24, 2.45) is 0 Å². The summed E-state index contributed by atoms with van der Waals surface area (Å²) in [7, 11) is 0. The van der Waals surface area contributed by atoms with Gasteiger partial charge in [-0.15, -0.1) is 5.10 Å². The van der Waals surface area contributed by atoms with Crippen LogP contribution in [0.2, 0.25) is 0 Å². The summed E-state index contributed by atoms with van der Waals surface area (Å²) in [5.41, 5.74) is 1.07. The van der Waals surface area contributed by atoms with Gasteiger partial charge in [0.15, 0.2) is 5.69 Å². The Morgan fingerprint density at radius 1 is 1.37 bits per heavy atom. The molecule has 19 heavy (non-hydrogen) atoms. The monoisotopic (exact) mass is 268 g/mol. The zero-order valence-electron chi connectivity index (χ0n) is 11.5. The van der Waals surface area contributed by atoms with E-state index in [2.05, 4.69) is 15.2 Å². The van der Waals surface area contributed by atoms with E-state index in [1.807, 2.05) is 6.92 Å². The molecule has 0 unspecified atom stereocenters. The van der Waals surface area contributed by atoms with Crippen molar-refractivity contribution in [3.05, 3.63) is 11.4 Å². The van der Waals surface area contributed by atoms with Gasteiger partial charge >= 0.3 is 5.97 Å². The van der Waals surface area contributed by atoms with Gasteiger partial charge in [0, 0.05) is 19.6 Å². The van der Waals surface area contributed by atoms with Crippen LogP contribution in [0.25, 0.3) is 0 Å². The molecule has 1 aliphatic heterocycles. The van der Waals surface area contributed by atoms with Crippen LogP contribution in [0.4, 0.5) is 0 Å². The van der Waals surface area contributed by atoms with Crippen LogP contribution in [0.15, 0.2) is 0 Å². The van der Waals surface area contributed by atoms with Gasteiger partial charge in [-0.2, -0.15) is 0 Å². The first kappa shape index (κ1) is 14.0. The Morgan fingerprint density at radius 3 is 2.79 bits per heavy atom. The molecule has 0 atom stereocenters. The van der Waals surface area contributed by atoms with Crippen LogP contribution in [0.5, 0.6) is 0 Å². The van der Waals surface area contributed by atoms with E-state index in [0.29, 0.717) is 12.3 Å². The molecule has 0 aromatic carbocycles. The van der Waals surface area contributed by atoms with Gasteiger partial charge in [0.05, 0.1) is 32.1 Å². The molecule has 1 fully saturated rings. The van der Waals surface area contributed by atoms with Gasteiger partial charge in [0.25, 0.3) is 0 Å². The first-order valence-electron chi connectivity index (χ1n) is 6.59. The van der Waals surface area contributed by atoms with Gasteiger partial charge in [-0.05, 0) is 13.8 Å². The number of hydrogen-bond acceptors (Lipinski definition) is 6. The first-order chi connectivity index (χ1) is 9.22. The van der Waals surface area contributed by atoms with Crippen molar-refractivity contribution in [1.82, 2.24) is 19.9 Å². The number of hydrogen-bond donors (Lipinski definition) is 0. The van der Waals surface area contributed by atoms with Crippen LogP contribution < -0.4 is 0 Å². The number of carbonyl (C=O) groups excluding carboxylic acids is 1. The molecule has 106 valence electrons. The van der Waals surface area contributed by atoms with E-state index in [9.17, 15) is 4.79 Å². The standard InChI is InChI=1S/C12H20N4O3/c1-3-19-12(17)11-10(2)16(14-13-11)5-4-15-6-8-18-9-7-15/h3-9H2,1-2H3. The van der Waals surface area contributed by atoms with E-state index >= 15 is 0 Å². The van der Waals surface area contributed by atoms with E-state index in [-0.39, 0.29) is 0 Å². The van der Waals surface area contributed by atoms with E-state index < -0.39 is 5.97 Å². The van der Waals surface area contributed by atoms with Crippen LogP contribution in [0.3, 0.4) is 0 Å². The third-order valence-electron chi connectivity index (χ3n) is 3.18. The minimum absolute atomic E-state index is 0.309. The summed E-state index contributed by atoms with van der Waals surface area (Å²) < 4.78 is 12.0. The lowest BCUT2D eigenvalue weighted by molar-refractivity contribution is 0.0358. The molecular weight excluding hydrogens is 248 g/mol. The van der Waals surface area contributed by atoms with E-state index in [0.717, 1.165) is 45.1 Å². The molecular formula is C12H20N4O3. The molecule has 0 radical (unpaired) electrons. The highest BCUT2D eigenvalue weighted by Gasteiger charge is 2.18. The highest BCUT2D eigenvalue weighted by atomic mass is 16.5. The summed E-state index contributed by atoms with van der Waals surface area (Å²) in [4.78, 5) is 13.9. The molecule has 0 aliphatic carbocycles. The molecule has 0 saturated carbocycles. The Labute approximate surface area is 112 Å².